The van der Waals surface area contributed by atoms with E-state index in [1.165, 1.54) is 23.1 Å². The number of benzene rings is 1. The maximum atomic E-state index is 13.3. The molecule has 0 atom stereocenters. The number of alkyl halides is 3. The SMILES string of the molecule is Cc1cc(=O)c2c([nH]1)N(c1ccc(C#N)cc1C(F)(F)F)CC2. The molecule has 0 bridgehead atoms. The van der Waals surface area contributed by atoms with E-state index in [-0.39, 0.29) is 23.2 Å². The van der Waals surface area contributed by atoms with Crippen molar-refractivity contribution in [2.45, 2.75) is 19.5 Å². The number of aromatic nitrogens is 1. The van der Waals surface area contributed by atoms with E-state index in [0.29, 0.717) is 23.5 Å². The summed E-state index contributed by atoms with van der Waals surface area (Å²) in [6, 6.07) is 6.61. The lowest BCUT2D eigenvalue weighted by Crippen LogP contribution is -2.20. The van der Waals surface area contributed by atoms with Gasteiger partial charge in [-0.15, -0.1) is 0 Å². The van der Waals surface area contributed by atoms with Crippen molar-refractivity contribution in [3.63, 3.8) is 0 Å². The maximum absolute atomic E-state index is 13.3. The summed E-state index contributed by atoms with van der Waals surface area (Å²) in [5.41, 5.74) is -0.113. The normalized spacial score (nSPS) is 13.8. The second kappa shape index (κ2) is 5.16. The number of pyridine rings is 1. The van der Waals surface area contributed by atoms with Crippen LogP contribution >= 0.6 is 0 Å². The van der Waals surface area contributed by atoms with Crippen LogP contribution in [-0.2, 0) is 12.6 Å². The van der Waals surface area contributed by atoms with Gasteiger partial charge in [-0.25, -0.2) is 0 Å². The van der Waals surface area contributed by atoms with E-state index >= 15 is 0 Å². The summed E-state index contributed by atoms with van der Waals surface area (Å²) in [5.74, 6) is 0.394. The van der Waals surface area contributed by atoms with Crippen molar-refractivity contribution in [2.24, 2.45) is 0 Å². The van der Waals surface area contributed by atoms with Crippen LogP contribution in [0.15, 0.2) is 29.1 Å². The van der Waals surface area contributed by atoms with Gasteiger partial charge >= 0.3 is 6.18 Å². The van der Waals surface area contributed by atoms with Crippen LogP contribution in [0.25, 0.3) is 0 Å². The second-order valence-corrected chi connectivity index (χ2v) is 5.39. The number of hydrogen-bond acceptors (Lipinski definition) is 3. The molecule has 2 aromatic rings. The molecule has 4 nitrogen and oxygen atoms in total. The van der Waals surface area contributed by atoms with Crippen molar-refractivity contribution in [3.8, 4) is 6.07 Å². The third-order valence-electron chi connectivity index (χ3n) is 3.82. The minimum atomic E-state index is -4.59. The van der Waals surface area contributed by atoms with E-state index in [0.717, 1.165) is 6.07 Å². The molecule has 0 amide bonds. The first-order valence-corrected chi connectivity index (χ1v) is 6.93. The van der Waals surface area contributed by atoms with E-state index in [1.807, 2.05) is 0 Å². The number of anilines is 2. The number of fused-ring (bicyclic) bond motifs is 1. The van der Waals surface area contributed by atoms with E-state index in [2.05, 4.69) is 4.98 Å². The van der Waals surface area contributed by atoms with Crippen molar-refractivity contribution >= 4 is 11.5 Å². The molecule has 0 saturated heterocycles. The number of nitriles is 1. The molecule has 7 heteroatoms. The van der Waals surface area contributed by atoms with E-state index in [9.17, 15) is 18.0 Å². The lowest BCUT2D eigenvalue weighted by Gasteiger charge is -2.24. The molecular weight excluding hydrogens is 307 g/mol. The molecule has 3 rings (SSSR count). The van der Waals surface area contributed by atoms with Crippen molar-refractivity contribution in [1.29, 1.82) is 5.26 Å². The average molecular weight is 319 g/mol. The molecule has 1 aromatic heterocycles. The Balaban J connectivity index is 2.20. The first-order valence-electron chi connectivity index (χ1n) is 6.93. The lowest BCUT2D eigenvalue weighted by atomic mass is 10.1. The quantitative estimate of drug-likeness (QED) is 0.877. The summed E-state index contributed by atoms with van der Waals surface area (Å²) in [7, 11) is 0. The van der Waals surface area contributed by atoms with Crippen LogP contribution in [0, 0.1) is 18.3 Å². The second-order valence-electron chi connectivity index (χ2n) is 5.39. The van der Waals surface area contributed by atoms with Crippen LogP contribution < -0.4 is 10.3 Å². The Morgan fingerprint density at radius 2 is 2.04 bits per heavy atom. The molecule has 118 valence electrons. The van der Waals surface area contributed by atoms with Gasteiger partial charge in [0.2, 0.25) is 0 Å². The van der Waals surface area contributed by atoms with Gasteiger partial charge in [0.1, 0.15) is 5.82 Å². The Morgan fingerprint density at radius 1 is 1.30 bits per heavy atom. The smallest absolute Gasteiger partial charge is 0.345 e. The summed E-state index contributed by atoms with van der Waals surface area (Å²) in [6.07, 6.45) is -4.21. The monoisotopic (exact) mass is 319 g/mol. The number of aryl methyl sites for hydroxylation is 1. The molecule has 1 aromatic carbocycles. The summed E-state index contributed by atoms with van der Waals surface area (Å²) >= 11 is 0. The number of hydrogen-bond donors (Lipinski definition) is 1. The van der Waals surface area contributed by atoms with Gasteiger partial charge in [-0.2, -0.15) is 18.4 Å². The molecule has 1 N–H and O–H groups in total. The fourth-order valence-electron chi connectivity index (χ4n) is 2.82. The van der Waals surface area contributed by atoms with Gasteiger partial charge < -0.3 is 9.88 Å². The molecule has 1 aliphatic heterocycles. The number of nitrogens with one attached hydrogen (secondary N) is 1. The third kappa shape index (κ3) is 2.57. The predicted octanol–water partition coefficient (Wildman–Crippen LogP) is 3.27. The molecule has 0 unspecified atom stereocenters. The number of aromatic amines is 1. The Morgan fingerprint density at radius 3 is 2.70 bits per heavy atom. The molecule has 23 heavy (non-hydrogen) atoms. The van der Waals surface area contributed by atoms with Gasteiger partial charge in [-0.1, -0.05) is 0 Å². The number of nitrogens with zero attached hydrogens (tertiary/aromatic N) is 2. The zero-order valence-electron chi connectivity index (χ0n) is 12.2. The highest BCUT2D eigenvalue weighted by atomic mass is 19.4. The van der Waals surface area contributed by atoms with Gasteiger partial charge in [0.15, 0.2) is 5.43 Å². The van der Waals surface area contributed by atoms with Crippen molar-refractivity contribution in [1.82, 2.24) is 4.98 Å². The van der Waals surface area contributed by atoms with Crippen molar-refractivity contribution in [3.05, 3.63) is 56.9 Å². The first kappa shape index (κ1) is 15.2. The van der Waals surface area contributed by atoms with Gasteiger partial charge in [0, 0.05) is 23.9 Å². The van der Waals surface area contributed by atoms with Crippen LogP contribution in [0.3, 0.4) is 0 Å². The Hall–Kier alpha value is -2.75. The molecule has 0 spiro atoms. The molecule has 0 aliphatic carbocycles. The van der Waals surface area contributed by atoms with Crippen LogP contribution in [0.5, 0.6) is 0 Å². The topological polar surface area (TPSA) is 59.9 Å². The predicted molar refractivity (Wildman–Crippen MR) is 78.7 cm³/mol. The number of H-pyrrole nitrogens is 1. The van der Waals surface area contributed by atoms with Gasteiger partial charge in [0.25, 0.3) is 0 Å². The van der Waals surface area contributed by atoms with Crippen LogP contribution in [0.1, 0.15) is 22.4 Å². The van der Waals surface area contributed by atoms with Crippen LogP contribution in [0.4, 0.5) is 24.7 Å². The zero-order chi connectivity index (χ0) is 16.8. The van der Waals surface area contributed by atoms with Crippen LogP contribution in [-0.4, -0.2) is 11.5 Å². The fourth-order valence-corrected chi connectivity index (χ4v) is 2.82. The Labute approximate surface area is 129 Å². The van der Waals surface area contributed by atoms with Crippen molar-refractivity contribution in [2.75, 3.05) is 11.4 Å². The van der Waals surface area contributed by atoms with E-state index in [4.69, 9.17) is 5.26 Å². The average Bonchev–Trinajstić information content (AvgIpc) is 2.89. The van der Waals surface area contributed by atoms with E-state index < -0.39 is 11.7 Å². The summed E-state index contributed by atoms with van der Waals surface area (Å²) < 4.78 is 40.0. The largest absolute Gasteiger partial charge is 0.418 e. The molecule has 0 radical (unpaired) electrons. The zero-order valence-corrected chi connectivity index (χ0v) is 12.2. The summed E-state index contributed by atoms with van der Waals surface area (Å²) in [4.78, 5) is 16.4. The summed E-state index contributed by atoms with van der Waals surface area (Å²) in [5, 5.41) is 8.84. The maximum Gasteiger partial charge on any atom is 0.418 e. The minimum absolute atomic E-state index is 0.0572. The van der Waals surface area contributed by atoms with Gasteiger partial charge in [0.05, 0.1) is 22.9 Å². The van der Waals surface area contributed by atoms with Gasteiger partial charge in [-0.05, 0) is 31.5 Å². The third-order valence-corrected chi connectivity index (χ3v) is 3.82. The highest BCUT2D eigenvalue weighted by molar-refractivity contribution is 5.70. The Kier molecular flexibility index (Phi) is 3.40. The highest BCUT2D eigenvalue weighted by Gasteiger charge is 2.37. The van der Waals surface area contributed by atoms with Crippen molar-refractivity contribution < 1.29 is 13.2 Å². The molecule has 1 aliphatic rings. The van der Waals surface area contributed by atoms with Crippen LogP contribution in [0.2, 0.25) is 0 Å². The number of rotatable bonds is 1. The van der Waals surface area contributed by atoms with E-state index in [1.54, 1.807) is 13.0 Å². The summed E-state index contributed by atoms with van der Waals surface area (Å²) in [6.45, 7) is 1.96. The standard InChI is InChI=1S/C16H12F3N3O/c1-9-6-14(23)11-4-5-22(15(11)21-9)13-3-2-10(8-20)7-12(13)16(17,18)19/h2-3,6-7H,4-5H2,1H3,(H,21,23). The van der Waals surface area contributed by atoms with Gasteiger partial charge in [-0.3, -0.25) is 4.79 Å². The first-order chi connectivity index (χ1) is 10.8. The Bertz CT molecular complexity index is 878. The molecule has 0 fully saturated rings. The lowest BCUT2D eigenvalue weighted by molar-refractivity contribution is -0.137. The highest BCUT2D eigenvalue weighted by Crippen LogP contribution is 2.41. The number of halogens is 3. The molecular formula is C16H12F3N3O. The minimum Gasteiger partial charge on any atom is -0.345 e. The fraction of sp³-hybridized carbons (Fsp3) is 0.250. The molecule has 2 heterocycles. The molecule has 0 saturated carbocycles.